The van der Waals surface area contributed by atoms with E-state index >= 15 is 0 Å². The molecule has 5 heterocycles. The summed E-state index contributed by atoms with van der Waals surface area (Å²) in [6.07, 6.45) is 1.54. The van der Waals surface area contributed by atoms with Crippen molar-refractivity contribution in [3.63, 3.8) is 0 Å². The Morgan fingerprint density at radius 3 is 2.65 bits per heavy atom. The van der Waals surface area contributed by atoms with Crippen LogP contribution in [0, 0.1) is 0 Å². The van der Waals surface area contributed by atoms with Crippen molar-refractivity contribution < 1.29 is 36.7 Å². The number of nitrogens with one attached hydrogen (secondary N) is 1. The van der Waals surface area contributed by atoms with E-state index in [-0.39, 0.29) is 35.9 Å². The number of anilines is 2. The van der Waals surface area contributed by atoms with Crippen molar-refractivity contribution in [3.8, 4) is 11.3 Å². The third kappa shape index (κ3) is 5.15. The topological polar surface area (TPSA) is 158 Å². The number of esters is 1. The lowest BCUT2D eigenvalue weighted by Crippen LogP contribution is -2.41. The minimum Gasteiger partial charge on any atom is -0.460 e. The van der Waals surface area contributed by atoms with Crippen LogP contribution in [0.3, 0.4) is 0 Å². The number of amides is 2. The molecular formula is C28H26F3N7O5. The predicted molar refractivity (Wildman–Crippen MR) is 145 cm³/mol. The number of alkyl halides is 3. The van der Waals surface area contributed by atoms with E-state index in [0.29, 0.717) is 29.7 Å². The lowest BCUT2D eigenvalue weighted by Gasteiger charge is -2.34. The number of piperidine rings is 1. The number of fused-ring (bicyclic) bond motifs is 2. The van der Waals surface area contributed by atoms with Crippen molar-refractivity contribution >= 4 is 35.1 Å². The second-order valence-electron chi connectivity index (χ2n) is 10.3. The zero-order chi connectivity index (χ0) is 30.5. The molecule has 2 aliphatic rings. The Morgan fingerprint density at radius 2 is 1.93 bits per heavy atom. The minimum absolute atomic E-state index is 0.00622. The first-order chi connectivity index (χ1) is 20.5. The molecule has 2 saturated heterocycles. The smallest absolute Gasteiger partial charge is 0.437 e. The molecule has 6 rings (SSSR count). The van der Waals surface area contributed by atoms with Crippen LogP contribution in [0.5, 0.6) is 0 Å². The summed E-state index contributed by atoms with van der Waals surface area (Å²) < 4.78 is 51.5. The summed E-state index contributed by atoms with van der Waals surface area (Å²) in [6, 6.07) is 5.61. The van der Waals surface area contributed by atoms with Crippen molar-refractivity contribution in [2.75, 3.05) is 24.2 Å². The monoisotopic (exact) mass is 597 g/mol. The van der Waals surface area contributed by atoms with Gasteiger partial charge in [-0.25, -0.2) is 14.8 Å². The number of rotatable bonds is 6. The molecule has 0 saturated carbocycles. The van der Waals surface area contributed by atoms with Gasteiger partial charge in [0.2, 0.25) is 11.7 Å². The quantitative estimate of drug-likeness (QED) is 0.310. The molecule has 0 radical (unpaired) electrons. The molecule has 2 aliphatic heterocycles. The van der Waals surface area contributed by atoms with Crippen LogP contribution in [-0.4, -0.2) is 61.2 Å². The summed E-state index contributed by atoms with van der Waals surface area (Å²) in [5, 5.41) is 2.15. The standard InChI is InChI=1S/C28H26F3N7O5/c1-2-42-26(41)21-22(28(29,30)31)35-27(43-21)36-25(40)15-5-3-14(4-6-15)19-20-23(32)33-11-12-37(20)24(34-19)16-7-8-17-9-10-18(39)38(17)13-16/h3-6,11-12,16-17H,2,7-10,13H2,1H3,(H2,32,33)(H,35,36,40). The van der Waals surface area contributed by atoms with Crippen LogP contribution in [0.15, 0.2) is 41.1 Å². The molecule has 1 aromatic carbocycles. The van der Waals surface area contributed by atoms with Crippen LogP contribution in [0.4, 0.5) is 25.0 Å². The van der Waals surface area contributed by atoms with Gasteiger partial charge in [-0.2, -0.15) is 18.2 Å². The molecule has 0 bridgehead atoms. The van der Waals surface area contributed by atoms with E-state index in [1.165, 1.54) is 19.1 Å². The molecule has 2 fully saturated rings. The van der Waals surface area contributed by atoms with E-state index in [4.69, 9.17) is 15.1 Å². The van der Waals surface area contributed by atoms with Gasteiger partial charge in [0.25, 0.3) is 5.91 Å². The molecule has 0 aliphatic carbocycles. The molecule has 2 unspecified atom stereocenters. The van der Waals surface area contributed by atoms with Crippen molar-refractivity contribution in [2.45, 2.75) is 50.7 Å². The van der Waals surface area contributed by atoms with E-state index in [9.17, 15) is 27.6 Å². The third-order valence-corrected chi connectivity index (χ3v) is 7.69. The van der Waals surface area contributed by atoms with Gasteiger partial charge >= 0.3 is 18.2 Å². The summed E-state index contributed by atoms with van der Waals surface area (Å²) >= 11 is 0. The second-order valence-corrected chi connectivity index (χ2v) is 10.3. The molecule has 3 aromatic heterocycles. The Bertz CT molecular complexity index is 1730. The van der Waals surface area contributed by atoms with Crippen LogP contribution < -0.4 is 11.1 Å². The molecule has 4 aromatic rings. The van der Waals surface area contributed by atoms with Gasteiger partial charge in [-0.15, -0.1) is 0 Å². The van der Waals surface area contributed by atoms with Crippen molar-refractivity contribution in [3.05, 3.63) is 59.5 Å². The molecule has 224 valence electrons. The fraction of sp³-hybridized carbons (Fsp3) is 0.357. The largest absolute Gasteiger partial charge is 0.460 e. The van der Waals surface area contributed by atoms with E-state index in [2.05, 4.69) is 20.0 Å². The number of imidazole rings is 1. The number of nitrogen functional groups attached to an aromatic ring is 1. The molecular weight excluding hydrogens is 571 g/mol. The average molecular weight is 598 g/mol. The lowest BCUT2D eigenvalue weighted by molar-refractivity contribution is -0.141. The number of ether oxygens (including phenoxy) is 1. The highest BCUT2D eigenvalue weighted by Gasteiger charge is 2.42. The lowest BCUT2D eigenvalue weighted by atomic mass is 9.92. The summed E-state index contributed by atoms with van der Waals surface area (Å²) in [6.45, 7) is 1.81. The van der Waals surface area contributed by atoms with Gasteiger partial charge in [0.15, 0.2) is 5.69 Å². The first-order valence-electron chi connectivity index (χ1n) is 13.6. The van der Waals surface area contributed by atoms with Gasteiger partial charge in [0.1, 0.15) is 22.9 Å². The summed E-state index contributed by atoms with van der Waals surface area (Å²) in [5.74, 6) is -2.17. The van der Waals surface area contributed by atoms with Crippen LogP contribution in [0.1, 0.15) is 71.0 Å². The summed E-state index contributed by atoms with van der Waals surface area (Å²) in [4.78, 5) is 51.5. The summed E-state index contributed by atoms with van der Waals surface area (Å²) in [7, 11) is 0. The van der Waals surface area contributed by atoms with E-state index in [0.717, 1.165) is 25.1 Å². The van der Waals surface area contributed by atoms with E-state index < -0.39 is 35.5 Å². The number of nitrogens with two attached hydrogens (primary N) is 1. The molecule has 2 atom stereocenters. The maximum absolute atomic E-state index is 13.4. The Labute approximate surface area is 242 Å². The Morgan fingerprint density at radius 1 is 1.16 bits per heavy atom. The third-order valence-electron chi connectivity index (χ3n) is 7.69. The van der Waals surface area contributed by atoms with Gasteiger partial charge in [0, 0.05) is 48.4 Å². The van der Waals surface area contributed by atoms with Crippen LogP contribution in [0.25, 0.3) is 16.8 Å². The number of hydrogen-bond acceptors (Lipinski definition) is 9. The number of aromatic nitrogens is 4. The fourth-order valence-corrected chi connectivity index (χ4v) is 5.70. The average Bonchev–Trinajstić information content (AvgIpc) is 3.69. The number of halogens is 3. The van der Waals surface area contributed by atoms with Crippen LogP contribution >= 0.6 is 0 Å². The molecule has 43 heavy (non-hydrogen) atoms. The van der Waals surface area contributed by atoms with Gasteiger partial charge in [-0.1, -0.05) is 12.1 Å². The Balaban J connectivity index is 1.26. The molecule has 0 spiro atoms. The Hall–Kier alpha value is -4.95. The highest BCUT2D eigenvalue weighted by atomic mass is 19.4. The van der Waals surface area contributed by atoms with Crippen molar-refractivity contribution in [2.24, 2.45) is 0 Å². The van der Waals surface area contributed by atoms with Gasteiger partial charge in [-0.3, -0.25) is 19.3 Å². The highest BCUT2D eigenvalue weighted by molar-refractivity contribution is 6.03. The number of benzene rings is 1. The Kier molecular flexibility index (Phi) is 7.02. The zero-order valence-corrected chi connectivity index (χ0v) is 22.8. The highest BCUT2D eigenvalue weighted by Crippen LogP contribution is 2.38. The molecule has 2 amide bonds. The molecule has 3 N–H and O–H groups in total. The number of nitrogens with zero attached hydrogens (tertiary/aromatic N) is 5. The van der Waals surface area contributed by atoms with Crippen molar-refractivity contribution in [1.82, 2.24) is 24.3 Å². The SMILES string of the molecule is CCOC(=O)c1oc(NC(=O)c2ccc(-c3nc(C4CCC5CCC(=O)N5C4)n4ccnc(N)c34)cc2)nc1C(F)(F)F. The van der Waals surface area contributed by atoms with Gasteiger partial charge < -0.3 is 19.8 Å². The van der Waals surface area contributed by atoms with Gasteiger partial charge in [0.05, 0.1) is 6.61 Å². The maximum atomic E-state index is 13.4. The van der Waals surface area contributed by atoms with E-state index in [1.54, 1.807) is 24.5 Å². The normalized spacial score (nSPS) is 18.6. The van der Waals surface area contributed by atoms with Crippen molar-refractivity contribution in [1.29, 1.82) is 0 Å². The first-order valence-corrected chi connectivity index (χ1v) is 13.6. The number of oxazole rings is 1. The van der Waals surface area contributed by atoms with E-state index in [1.807, 2.05) is 9.30 Å². The molecule has 15 heteroatoms. The fourth-order valence-electron chi connectivity index (χ4n) is 5.70. The molecule has 12 nitrogen and oxygen atoms in total. The second kappa shape index (κ2) is 10.7. The first kappa shape index (κ1) is 28.2. The predicted octanol–water partition coefficient (Wildman–Crippen LogP) is 4.28. The number of carbonyl (C=O) groups is 3. The zero-order valence-electron chi connectivity index (χ0n) is 22.8. The minimum atomic E-state index is -5.01. The maximum Gasteiger partial charge on any atom is 0.437 e. The van der Waals surface area contributed by atoms with Crippen LogP contribution in [-0.2, 0) is 15.7 Å². The van der Waals surface area contributed by atoms with Gasteiger partial charge in [-0.05, 0) is 38.3 Å². The number of carbonyl (C=O) groups excluding carboxylic acids is 3. The summed E-state index contributed by atoms with van der Waals surface area (Å²) in [5.41, 5.74) is 6.46. The number of hydrogen-bond donors (Lipinski definition) is 2. The van der Waals surface area contributed by atoms with Crippen LogP contribution in [0.2, 0.25) is 0 Å².